The highest BCUT2D eigenvalue weighted by Gasteiger charge is 2.45. The third kappa shape index (κ3) is 2.84. The number of fused-ring (bicyclic) bond motifs is 2. The standard InChI is InChI=1S/C18H22N4O4/c1-26-18(23)17-9-12-4-2-3-5-15(12)20(17)11-21-16-7-6-14(22(24)25)8-13(16)10-19-21/h6-8,10,12,15,17H,2-5,9,11H2,1H3/t12-,15-,17+/m1/s1. The summed E-state index contributed by atoms with van der Waals surface area (Å²) in [5.41, 5.74) is 0.886. The van der Waals surface area contributed by atoms with E-state index < -0.39 is 4.92 Å². The molecule has 0 amide bonds. The van der Waals surface area contributed by atoms with E-state index in [2.05, 4.69) is 10.00 Å². The normalized spacial score (nSPS) is 26.0. The molecule has 1 aromatic heterocycles. The lowest BCUT2D eigenvalue weighted by atomic mass is 9.85. The van der Waals surface area contributed by atoms with E-state index >= 15 is 0 Å². The Morgan fingerprint density at radius 3 is 2.96 bits per heavy atom. The summed E-state index contributed by atoms with van der Waals surface area (Å²) in [7, 11) is 1.44. The minimum atomic E-state index is -0.406. The number of carbonyl (C=O) groups is 1. The Morgan fingerprint density at radius 2 is 2.19 bits per heavy atom. The number of nitro groups is 1. The summed E-state index contributed by atoms with van der Waals surface area (Å²) >= 11 is 0. The van der Waals surface area contributed by atoms with Gasteiger partial charge in [0, 0.05) is 23.6 Å². The van der Waals surface area contributed by atoms with E-state index in [0.29, 0.717) is 18.6 Å². The van der Waals surface area contributed by atoms with Crippen LogP contribution in [-0.2, 0) is 16.2 Å². The number of methoxy groups -OCH3 is 1. The molecule has 1 saturated carbocycles. The lowest BCUT2D eigenvalue weighted by Gasteiger charge is -2.33. The molecule has 26 heavy (non-hydrogen) atoms. The molecule has 138 valence electrons. The maximum atomic E-state index is 12.3. The minimum absolute atomic E-state index is 0.0537. The van der Waals surface area contributed by atoms with Crippen molar-refractivity contribution in [2.75, 3.05) is 7.11 Å². The van der Waals surface area contributed by atoms with Crippen molar-refractivity contribution < 1.29 is 14.5 Å². The number of rotatable bonds is 4. The number of nitrogens with zero attached hydrogens (tertiary/aromatic N) is 4. The molecule has 2 aromatic rings. The van der Waals surface area contributed by atoms with Crippen LogP contribution in [0.3, 0.4) is 0 Å². The van der Waals surface area contributed by atoms with Crippen LogP contribution in [0.25, 0.3) is 10.9 Å². The minimum Gasteiger partial charge on any atom is -0.468 e. The summed E-state index contributed by atoms with van der Waals surface area (Å²) in [4.78, 5) is 25.1. The molecule has 1 aliphatic heterocycles. The van der Waals surface area contributed by atoms with Crippen molar-refractivity contribution in [3.05, 3.63) is 34.5 Å². The molecule has 0 N–H and O–H groups in total. The monoisotopic (exact) mass is 358 g/mol. The molecule has 1 aliphatic carbocycles. The van der Waals surface area contributed by atoms with Crippen LogP contribution in [0.2, 0.25) is 0 Å². The number of hydrogen-bond donors (Lipinski definition) is 0. The fourth-order valence-corrected chi connectivity index (χ4v) is 4.58. The molecular formula is C18H22N4O4. The highest BCUT2D eigenvalue weighted by Crippen LogP contribution is 2.40. The van der Waals surface area contributed by atoms with Crippen LogP contribution in [0.5, 0.6) is 0 Å². The lowest BCUT2D eigenvalue weighted by Crippen LogP contribution is -2.43. The molecule has 3 atom stereocenters. The number of hydrogen-bond acceptors (Lipinski definition) is 6. The van der Waals surface area contributed by atoms with Crippen LogP contribution >= 0.6 is 0 Å². The SMILES string of the molecule is COC(=O)[C@@H]1C[C@H]2CCCC[C@H]2N1Cn1ncc2cc([N+](=O)[O-])ccc21. The van der Waals surface area contributed by atoms with Crippen molar-refractivity contribution in [3.8, 4) is 0 Å². The number of ether oxygens (including phenoxy) is 1. The van der Waals surface area contributed by atoms with E-state index in [-0.39, 0.29) is 17.7 Å². The molecule has 2 heterocycles. The summed E-state index contributed by atoms with van der Waals surface area (Å²) in [6, 6.07) is 4.87. The molecule has 0 unspecified atom stereocenters. The second kappa shape index (κ2) is 6.68. The van der Waals surface area contributed by atoms with Crippen LogP contribution in [0, 0.1) is 16.0 Å². The Morgan fingerprint density at radius 1 is 1.38 bits per heavy atom. The van der Waals surface area contributed by atoms with Crippen LogP contribution in [0.1, 0.15) is 32.1 Å². The molecule has 1 aromatic carbocycles. The third-order valence-electron chi connectivity index (χ3n) is 5.83. The molecule has 2 fully saturated rings. The van der Waals surface area contributed by atoms with Gasteiger partial charge in [-0.1, -0.05) is 12.8 Å². The van der Waals surface area contributed by atoms with E-state index in [4.69, 9.17) is 4.74 Å². The number of nitro benzene ring substituents is 1. The topological polar surface area (TPSA) is 90.5 Å². The highest BCUT2D eigenvalue weighted by molar-refractivity contribution is 5.81. The van der Waals surface area contributed by atoms with Gasteiger partial charge in [-0.2, -0.15) is 5.10 Å². The van der Waals surface area contributed by atoms with E-state index in [1.807, 2.05) is 4.68 Å². The van der Waals surface area contributed by atoms with E-state index in [1.165, 1.54) is 32.1 Å². The number of carbonyl (C=O) groups excluding carboxylic acids is 1. The highest BCUT2D eigenvalue weighted by atomic mass is 16.6. The number of benzene rings is 1. The van der Waals surface area contributed by atoms with E-state index in [9.17, 15) is 14.9 Å². The predicted molar refractivity (Wildman–Crippen MR) is 94.4 cm³/mol. The number of likely N-dealkylation sites (tertiary alicyclic amines) is 1. The van der Waals surface area contributed by atoms with Crippen molar-refractivity contribution >= 4 is 22.6 Å². The Balaban J connectivity index is 1.64. The molecule has 2 aliphatic rings. The molecule has 1 saturated heterocycles. The average molecular weight is 358 g/mol. The van der Waals surface area contributed by atoms with Crippen molar-refractivity contribution in [2.24, 2.45) is 5.92 Å². The van der Waals surface area contributed by atoms with Gasteiger partial charge in [0.1, 0.15) is 6.04 Å². The first-order chi connectivity index (χ1) is 12.6. The van der Waals surface area contributed by atoms with Crippen LogP contribution in [-0.4, -0.2) is 44.8 Å². The Labute approximate surface area is 150 Å². The molecule has 8 heteroatoms. The van der Waals surface area contributed by atoms with Gasteiger partial charge in [0.25, 0.3) is 5.69 Å². The molecule has 4 rings (SSSR count). The van der Waals surface area contributed by atoms with Crippen molar-refractivity contribution in [2.45, 2.75) is 50.9 Å². The predicted octanol–water partition coefficient (Wildman–Crippen LogP) is 2.71. The van der Waals surface area contributed by atoms with Crippen molar-refractivity contribution in [1.82, 2.24) is 14.7 Å². The third-order valence-corrected chi connectivity index (χ3v) is 5.83. The van der Waals surface area contributed by atoms with Gasteiger partial charge in [-0.15, -0.1) is 0 Å². The van der Waals surface area contributed by atoms with Gasteiger partial charge in [0.2, 0.25) is 0 Å². The quantitative estimate of drug-likeness (QED) is 0.474. The summed E-state index contributed by atoms with van der Waals surface area (Å²) < 4.78 is 6.86. The first kappa shape index (κ1) is 17.0. The van der Waals surface area contributed by atoms with Gasteiger partial charge < -0.3 is 4.74 Å². The smallest absolute Gasteiger partial charge is 0.323 e. The maximum Gasteiger partial charge on any atom is 0.323 e. The van der Waals surface area contributed by atoms with Gasteiger partial charge in [-0.3, -0.25) is 24.5 Å². The van der Waals surface area contributed by atoms with Crippen LogP contribution in [0.4, 0.5) is 5.69 Å². The molecule has 8 nitrogen and oxygen atoms in total. The second-order valence-electron chi connectivity index (χ2n) is 7.19. The summed E-state index contributed by atoms with van der Waals surface area (Å²) in [5.74, 6) is 0.335. The number of aromatic nitrogens is 2. The van der Waals surface area contributed by atoms with Gasteiger partial charge in [0.15, 0.2) is 0 Å². The number of non-ortho nitro benzene ring substituents is 1. The fourth-order valence-electron chi connectivity index (χ4n) is 4.58. The Hall–Kier alpha value is -2.48. The van der Waals surface area contributed by atoms with Crippen molar-refractivity contribution in [3.63, 3.8) is 0 Å². The van der Waals surface area contributed by atoms with E-state index in [0.717, 1.165) is 30.2 Å². The summed E-state index contributed by atoms with van der Waals surface area (Å²) in [6.07, 6.45) is 7.12. The van der Waals surface area contributed by atoms with Gasteiger partial charge in [-0.25, -0.2) is 0 Å². The molecule has 0 radical (unpaired) electrons. The zero-order valence-corrected chi connectivity index (χ0v) is 14.7. The molecule has 0 spiro atoms. The average Bonchev–Trinajstić information content (AvgIpc) is 3.23. The maximum absolute atomic E-state index is 12.3. The number of esters is 1. The first-order valence-electron chi connectivity index (χ1n) is 9.02. The summed E-state index contributed by atoms with van der Waals surface area (Å²) in [6.45, 7) is 0.488. The van der Waals surface area contributed by atoms with Gasteiger partial charge in [-0.05, 0) is 31.2 Å². The largest absolute Gasteiger partial charge is 0.468 e. The van der Waals surface area contributed by atoms with Gasteiger partial charge >= 0.3 is 5.97 Å². The Bertz CT molecular complexity index is 849. The zero-order valence-electron chi connectivity index (χ0n) is 14.7. The fraction of sp³-hybridized carbons (Fsp3) is 0.556. The second-order valence-corrected chi connectivity index (χ2v) is 7.19. The molecular weight excluding hydrogens is 336 g/mol. The first-order valence-corrected chi connectivity index (χ1v) is 9.02. The van der Waals surface area contributed by atoms with Crippen molar-refractivity contribution in [1.29, 1.82) is 0 Å². The van der Waals surface area contributed by atoms with E-state index in [1.54, 1.807) is 12.3 Å². The van der Waals surface area contributed by atoms with Crippen LogP contribution in [0.15, 0.2) is 24.4 Å². The molecule has 0 bridgehead atoms. The zero-order chi connectivity index (χ0) is 18.3. The van der Waals surface area contributed by atoms with Gasteiger partial charge in [0.05, 0.1) is 30.4 Å². The Kier molecular flexibility index (Phi) is 4.36. The summed E-state index contributed by atoms with van der Waals surface area (Å²) in [5, 5.41) is 16.1. The lowest BCUT2D eigenvalue weighted by molar-refractivity contribution is -0.384. The van der Waals surface area contributed by atoms with Crippen LogP contribution < -0.4 is 0 Å².